The van der Waals surface area contributed by atoms with Gasteiger partial charge < -0.3 is 15.0 Å². The summed E-state index contributed by atoms with van der Waals surface area (Å²) in [6, 6.07) is 7.81. The van der Waals surface area contributed by atoms with Gasteiger partial charge in [0, 0.05) is 13.1 Å². The first-order chi connectivity index (χ1) is 10.0. The van der Waals surface area contributed by atoms with Crippen LogP contribution >= 0.6 is 11.6 Å². The van der Waals surface area contributed by atoms with E-state index in [9.17, 15) is 4.39 Å². The zero-order valence-electron chi connectivity index (χ0n) is 11.5. The maximum atomic E-state index is 13.4. The first kappa shape index (κ1) is 13.7. The molecule has 6 heteroatoms. The van der Waals surface area contributed by atoms with Gasteiger partial charge in [-0.1, -0.05) is 11.6 Å². The Morgan fingerprint density at radius 1 is 1.29 bits per heavy atom. The van der Waals surface area contributed by atoms with E-state index in [-0.39, 0.29) is 5.82 Å². The zero-order chi connectivity index (χ0) is 15.1. The number of halogens is 2. The average molecular weight is 306 g/mol. The molecule has 21 heavy (non-hydrogen) atoms. The van der Waals surface area contributed by atoms with Gasteiger partial charge in [-0.2, -0.15) is 0 Å². The molecule has 1 aromatic heterocycles. The number of benzene rings is 2. The summed E-state index contributed by atoms with van der Waals surface area (Å²) in [4.78, 5) is 4.52. The summed E-state index contributed by atoms with van der Waals surface area (Å²) >= 11 is 6.09. The minimum absolute atomic E-state index is 0.306. The summed E-state index contributed by atoms with van der Waals surface area (Å²) in [5.41, 5.74) is 8.32. The minimum Gasteiger partial charge on any atom is -0.496 e. The third-order valence-corrected chi connectivity index (χ3v) is 3.73. The molecular formula is C15H13ClFN3O. The summed E-state index contributed by atoms with van der Waals surface area (Å²) in [6.45, 7) is 0. The van der Waals surface area contributed by atoms with E-state index >= 15 is 0 Å². The first-order valence-electron chi connectivity index (χ1n) is 6.26. The molecule has 3 aromatic rings. The van der Waals surface area contributed by atoms with E-state index in [1.165, 1.54) is 12.1 Å². The van der Waals surface area contributed by atoms with Crippen LogP contribution in [0.2, 0.25) is 5.02 Å². The van der Waals surface area contributed by atoms with Gasteiger partial charge in [0.25, 0.3) is 0 Å². The number of nitrogens with two attached hydrogens (primary N) is 1. The minimum atomic E-state index is -0.306. The quantitative estimate of drug-likeness (QED) is 0.736. The monoisotopic (exact) mass is 305 g/mol. The van der Waals surface area contributed by atoms with Gasteiger partial charge in [0.15, 0.2) is 0 Å². The van der Waals surface area contributed by atoms with Crippen molar-refractivity contribution in [2.45, 2.75) is 0 Å². The molecule has 3 rings (SSSR count). The van der Waals surface area contributed by atoms with Crippen LogP contribution in [0.25, 0.3) is 22.4 Å². The molecule has 0 bridgehead atoms. The maximum Gasteiger partial charge on any atom is 0.144 e. The number of methoxy groups -OCH3 is 1. The fourth-order valence-corrected chi connectivity index (χ4v) is 2.48. The highest BCUT2D eigenvalue weighted by Gasteiger charge is 2.16. The van der Waals surface area contributed by atoms with Crippen LogP contribution in [0, 0.1) is 5.82 Å². The van der Waals surface area contributed by atoms with Crippen molar-refractivity contribution in [3.05, 3.63) is 41.2 Å². The van der Waals surface area contributed by atoms with E-state index in [1.54, 1.807) is 29.9 Å². The third-order valence-electron chi connectivity index (χ3n) is 3.40. The van der Waals surface area contributed by atoms with Crippen molar-refractivity contribution in [2.75, 3.05) is 12.8 Å². The molecule has 0 saturated heterocycles. The Morgan fingerprint density at radius 3 is 2.76 bits per heavy atom. The van der Waals surface area contributed by atoms with Crippen molar-refractivity contribution in [1.82, 2.24) is 9.55 Å². The summed E-state index contributed by atoms with van der Waals surface area (Å²) < 4.78 is 20.5. The van der Waals surface area contributed by atoms with Gasteiger partial charge in [0.05, 0.1) is 34.4 Å². The number of nitrogen functional groups attached to an aromatic ring is 1. The average Bonchev–Trinajstić information content (AvgIpc) is 2.78. The lowest BCUT2D eigenvalue weighted by Gasteiger charge is -2.10. The Kier molecular flexibility index (Phi) is 3.22. The normalized spacial score (nSPS) is 11.0. The number of anilines is 1. The third kappa shape index (κ3) is 2.19. The summed E-state index contributed by atoms with van der Waals surface area (Å²) in [5.74, 6) is 0.893. The van der Waals surface area contributed by atoms with Gasteiger partial charge in [0.2, 0.25) is 0 Å². The number of ether oxygens (including phenoxy) is 1. The fourth-order valence-electron chi connectivity index (χ4n) is 2.32. The summed E-state index contributed by atoms with van der Waals surface area (Å²) in [7, 11) is 3.36. The lowest BCUT2D eigenvalue weighted by Crippen LogP contribution is -1.97. The van der Waals surface area contributed by atoms with Crippen LogP contribution in [0.3, 0.4) is 0 Å². The number of rotatable bonds is 2. The standard InChI is InChI=1S/C15H13ClFN3O/c1-20-13-5-8(17)3-4-12(13)19-15(20)9-6-10(16)11(18)7-14(9)21-2/h3-7H,18H2,1-2H3. The van der Waals surface area contributed by atoms with Gasteiger partial charge >= 0.3 is 0 Å². The lowest BCUT2D eigenvalue weighted by molar-refractivity contribution is 0.416. The second-order valence-corrected chi connectivity index (χ2v) is 5.11. The Bertz CT molecular complexity index is 845. The predicted molar refractivity (Wildman–Crippen MR) is 82.1 cm³/mol. The Balaban J connectivity index is 2.30. The van der Waals surface area contributed by atoms with Gasteiger partial charge in [0.1, 0.15) is 17.4 Å². The first-order valence-corrected chi connectivity index (χ1v) is 6.64. The molecule has 0 amide bonds. The molecule has 2 N–H and O–H groups in total. The molecule has 1 heterocycles. The second kappa shape index (κ2) is 4.93. The number of aryl methyl sites for hydroxylation is 1. The molecule has 2 aromatic carbocycles. The van der Waals surface area contributed by atoms with E-state index in [0.29, 0.717) is 38.9 Å². The molecule has 0 saturated carbocycles. The molecule has 0 unspecified atom stereocenters. The van der Waals surface area contributed by atoms with E-state index in [2.05, 4.69) is 4.98 Å². The van der Waals surface area contributed by atoms with E-state index in [4.69, 9.17) is 22.1 Å². The summed E-state index contributed by atoms with van der Waals surface area (Å²) in [5, 5.41) is 0.420. The van der Waals surface area contributed by atoms with Crippen molar-refractivity contribution in [3.63, 3.8) is 0 Å². The smallest absolute Gasteiger partial charge is 0.144 e. The zero-order valence-corrected chi connectivity index (χ0v) is 12.3. The van der Waals surface area contributed by atoms with Gasteiger partial charge in [-0.3, -0.25) is 0 Å². The topological polar surface area (TPSA) is 53.1 Å². The van der Waals surface area contributed by atoms with Crippen molar-refractivity contribution >= 4 is 28.3 Å². The van der Waals surface area contributed by atoms with Crippen LogP contribution in [-0.4, -0.2) is 16.7 Å². The number of nitrogens with zero attached hydrogens (tertiary/aromatic N) is 2. The van der Waals surface area contributed by atoms with Gasteiger partial charge in [-0.15, -0.1) is 0 Å². The fraction of sp³-hybridized carbons (Fsp3) is 0.133. The molecule has 0 fully saturated rings. The lowest BCUT2D eigenvalue weighted by atomic mass is 10.1. The molecule has 0 atom stereocenters. The van der Waals surface area contributed by atoms with E-state index in [1.807, 2.05) is 7.05 Å². The highest BCUT2D eigenvalue weighted by molar-refractivity contribution is 6.33. The predicted octanol–water partition coefficient (Wildman–Crippen LogP) is 3.62. The second-order valence-electron chi connectivity index (χ2n) is 4.70. The maximum absolute atomic E-state index is 13.4. The number of hydrogen-bond donors (Lipinski definition) is 1. The van der Waals surface area contributed by atoms with E-state index < -0.39 is 0 Å². The number of aromatic nitrogens is 2. The van der Waals surface area contributed by atoms with Crippen molar-refractivity contribution in [3.8, 4) is 17.1 Å². The number of hydrogen-bond acceptors (Lipinski definition) is 3. The van der Waals surface area contributed by atoms with Crippen LogP contribution < -0.4 is 10.5 Å². The number of fused-ring (bicyclic) bond motifs is 1. The van der Waals surface area contributed by atoms with Crippen LogP contribution in [0.4, 0.5) is 10.1 Å². The van der Waals surface area contributed by atoms with E-state index in [0.717, 1.165) is 0 Å². The van der Waals surface area contributed by atoms with Crippen molar-refractivity contribution in [1.29, 1.82) is 0 Å². The molecule has 4 nitrogen and oxygen atoms in total. The Morgan fingerprint density at radius 2 is 2.05 bits per heavy atom. The Labute approximate surface area is 125 Å². The number of imidazole rings is 1. The molecule has 0 aliphatic rings. The van der Waals surface area contributed by atoms with Gasteiger partial charge in [-0.05, 0) is 24.3 Å². The van der Waals surface area contributed by atoms with Crippen molar-refractivity contribution in [2.24, 2.45) is 7.05 Å². The van der Waals surface area contributed by atoms with Crippen LogP contribution in [-0.2, 0) is 7.05 Å². The van der Waals surface area contributed by atoms with Crippen LogP contribution in [0.15, 0.2) is 30.3 Å². The molecule has 0 aliphatic carbocycles. The SMILES string of the molecule is COc1cc(N)c(Cl)cc1-c1nc2ccc(F)cc2n1C. The molecule has 0 spiro atoms. The Hall–Kier alpha value is -2.27. The molecule has 108 valence electrons. The largest absolute Gasteiger partial charge is 0.496 e. The summed E-state index contributed by atoms with van der Waals surface area (Å²) in [6.07, 6.45) is 0. The molecular weight excluding hydrogens is 293 g/mol. The van der Waals surface area contributed by atoms with Crippen LogP contribution in [0.5, 0.6) is 5.75 Å². The highest BCUT2D eigenvalue weighted by atomic mass is 35.5. The van der Waals surface area contributed by atoms with Crippen LogP contribution in [0.1, 0.15) is 0 Å². The van der Waals surface area contributed by atoms with Crippen molar-refractivity contribution < 1.29 is 9.13 Å². The molecule has 0 aliphatic heterocycles. The molecule has 0 radical (unpaired) electrons. The van der Waals surface area contributed by atoms with Gasteiger partial charge in [-0.25, -0.2) is 9.37 Å². The highest BCUT2D eigenvalue weighted by Crippen LogP contribution is 2.36.